The quantitative estimate of drug-likeness (QED) is 0.769. The second-order valence-electron chi connectivity index (χ2n) is 2.54. The Morgan fingerprint density at radius 2 is 1.60 bits per heavy atom. The minimum atomic E-state index is -4.48. The zero-order chi connectivity index (χ0) is 11.7. The van der Waals surface area contributed by atoms with E-state index in [0.717, 1.165) is 35.1 Å². The van der Waals surface area contributed by atoms with Crippen LogP contribution >= 0.6 is 23.0 Å². The molecule has 1 rings (SSSR count). The summed E-state index contributed by atoms with van der Waals surface area (Å²) in [4.78, 5) is -0.315. The van der Waals surface area contributed by atoms with Gasteiger partial charge in [0.1, 0.15) is 23.0 Å². The van der Waals surface area contributed by atoms with E-state index in [2.05, 4.69) is 2.51 Å². The van der Waals surface area contributed by atoms with Crippen LogP contribution < -0.4 is 0 Å². The highest BCUT2D eigenvalue weighted by Crippen LogP contribution is 2.30. The highest BCUT2D eigenvalue weighted by Gasteiger charge is 2.30. The summed E-state index contributed by atoms with van der Waals surface area (Å²) in [5.74, 6) is 0. The lowest BCUT2D eigenvalue weighted by atomic mass is 10.2. The predicted molar refractivity (Wildman–Crippen MR) is 53.7 cm³/mol. The fraction of sp³-hybridized carbons (Fsp3) is 0.143. The zero-order valence-corrected chi connectivity index (χ0v) is 9.93. The summed E-state index contributed by atoms with van der Waals surface area (Å²) in [6.07, 6.45) is -4.48. The van der Waals surface area contributed by atoms with Crippen molar-refractivity contribution in [1.82, 2.24) is 0 Å². The maximum atomic E-state index is 12.1. The normalized spacial score (nSPS) is 12.8. The summed E-state index contributed by atoms with van der Waals surface area (Å²) in [7, 11) is -3.94. The maximum absolute atomic E-state index is 12.1. The van der Waals surface area contributed by atoms with Gasteiger partial charge in [-0.1, -0.05) is 0 Å². The standard InChI is InChI=1S/C7H4F3IO3S/c8-7(9,10)5-1-3-6(4-2-5)15(12,13)14-11/h1-4H. The van der Waals surface area contributed by atoms with Crippen LogP contribution in [0, 0.1) is 0 Å². The molecule has 1 aromatic carbocycles. The summed E-state index contributed by atoms with van der Waals surface area (Å²) in [6.45, 7) is 0. The lowest BCUT2D eigenvalue weighted by Crippen LogP contribution is -2.06. The number of alkyl halides is 3. The molecule has 0 amide bonds. The van der Waals surface area contributed by atoms with Gasteiger partial charge in [0.15, 0.2) is 0 Å². The molecule has 84 valence electrons. The molecule has 0 aliphatic carbocycles. The molecular weight excluding hydrogens is 348 g/mol. The average Bonchev–Trinajstić information content (AvgIpc) is 2.17. The highest BCUT2D eigenvalue weighted by atomic mass is 127. The molecule has 0 bridgehead atoms. The summed E-state index contributed by atoms with van der Waals surface area (Å²) < 4.78 is 62.6. The molecule has 0 aliphatic rings. The first-order chi connectivity index (χ1) is 6.77. The fourth-order valence-corrected chi connectivity index (χ4v) is 2.01. The van der Waals surface area contributed by atoms with Crippen molar-refractivity contribution < 1.29 is 24.1 Å². The van der Waals surface area contributed by atoms with E-state index in [0.29, 0.717) is 12.1 Å². The van der Waals surface area contributed by atoms with Crippen LogP contribution in [0.5, 0.6) is 0 Å². The fourth-order valence-electron chi connectivity index (χ4n) is 0.847. The van der Waals surface area contributed by atoms with Crippen LogP contribution in [0.25, 0.3) is 0 Å². The van der Waals surface area contributed by atoms with Crippen LogP contribution in [0.4, 0.5) is 13.2 Å². The van der Waals surface area contributed by atoms with Gasteiger partial charge >= 0.3 is 16.3 Å². The number of halogens is 4. The Labute approximate surface area is 98.1 Å². The lowest BCUT2D eigenvalue weighted by molar-refractivity contribution is -0.137. The second kappa shape index (κ2) is 4.26. The van der Waals surface area contributed by atoms with E-state index in [1.165, 1.54) is 0 Å². The number of rotatable bonds is 2. The van der Waals surface area contributed by atoms with Crippen molar-refractivity contribution in [3.63, 3.8) is 0 Å². The summed E-state index contributed by atoms with van der Waals surface area (Å²) in [5.41, 5.74) is -0.907. The van der Waals surface area contributed by atoms with E-state index in [1.54, 1.807) is 0 Å². The van der Waals surface area contributed by atoms with Crippen molar-refractivity contribution in [2.75, 3.05) is 0 Å². The van der Waals surface area contributed by atoms with E-state index in [-0.39, 0.29) is 4.90 Å². The first-order valence-corrected chi connectivity index (χ1v) is 5.79. The number of benzene rings is 1. The summed E-state index contributed by atoms with van der Waals surface area (Å²) in [5, 5.41) is 0. The van der Waals surface area contributed by atoms with Gasteiger partial charge in [0.2, 0.25) is 0 Å². The first-order valence-electron chi connectivity index (χ1n) is 3.50. The predicted octanol–water partition coefficient (Wildman–Crippen LogP) is 2.76. The maximum Gasteiger partial charge on any atom is 0.416 e. The van der Waals surface area contributed by atoms with Gasteiger partial charge in [-0.05, 0) is 24.3 Å². The lowest BCUT2D eigenvalue weighted by Gasteiger charge is -2.06. The molecule has 8 heteroatoms. The molecule has 0 saturated carbocycles. The minimum Gasteiger partial charge on any atom is -0.195 e. The van der Waals surface area contributed by atoms with Crippen molar-refractivity contribution in [1.29, 1.82) is 0 Å². The molecule has 0 spiro atoms. The Hall–Kier alpha value is -0.350. The van der Waals surface area contributed by atoms with Crippen molar-refractivity contribution in [2.45, 2.75) is 11.1 Å². The van der Waals surface area contributed by atoms with E-state index in [4.69, 9.17) is 0 Å². The van der Waals surface area contributed by atoms with E-state index >= 15 is 0 Å². The van der Waals surface area contributed by atoms with E-state index < -0.39 is 21.9 Å². The summed E-state index contributed by atoms with van der Waals surface area (Å²) >= 11 is 1.15. The van der Waals surface area contributed by atoms with Crippen LogP contribution in [0.15, 0.2) is 29.2 Å². The molecule has 0 saturated heterocycles. The smallest absolute Gasteiger partial charge is 0.195 e. The third kappa shape index (κ3) is 3.05. The molecule has 15 heavy (non-hydrogen) atoms. The molecule has 0 unspecified atom stereocenters. The van der Waals surface area contributed by atoms with Crippen LogP contribution in [-0.2, 0) is 18.8 Å². The van der Waals surface area contributed by atoms with Gasteiger partial charge in [0, 0.05) is 0 Å². The largest absolute Gasteiger partial charge is 0.416 e. The minimum absolute atomic E-state index is 0.315. The van der Waals surface area contributed by atoms with Gasteiger partial charge in [-0.25, -0.2) is 0 Å². The number of hydrogen-bond donors (Lipinski definition) is 0. The number of hydrogen-bond acceptors (Lipinski definition) is 3. The third-order valence-electron chi connectivity index (χ3n) is 1.55. The molecule has 0 radical (unpaired) electrons. The van der Waals surface area contributed by atoms with Gasteiger partial charge in [-0.15, -0.1) is 0 Å². The molecule has 0 aliphatic heterocycles. The van der Waals surface area contributed by atoms with Crippen molar-refractivity contribution in [3.8, 4) is 0 Å². The molecule has 3 nitrogen and oxygen atoms in total. The van der Waals surface area contributed by atoms with Crippen molar-refractivity contribution in [3.05, 3.63) is 29.8 Å². The van der Waals surface area contributed by atoms with Crippen LogP contribution in [0.2, 0.25) is 0 Å². The van der Waals surface area contributed by atoms with Gasteiger partial charge in [0.05, 0.1) is 10.5 Å². The Kier molecular flexibility index (Phi) is 3.61. The molecule has 0 N–H and O–H groups in total. The van der Waals surface area contributed by atoms with Crippen molar-refractivity contribution in [2.24, 2.45) is 0 Å². The monoisotopic (exact) mass is 352 g/mol. The Morgan fingerprint density at radius 1 is 1.13 bits per heavy atom. The molecular formula is C7H4F3IO3S. The summed E-state index contributed by atoms with van der Waals surface area (Å²) in [6, 6.07) is 3.05. The SMILES string of the molecule is O=S(=O)(OI)c1ccc(C(F)(F)F)cc1. The Bertz CT molecular complexity index is 438. The molecule has 0 heterocycles. The molecule has 1 aromatic rings. The van der Waals surface area contributed by atoms with E-state index in [1.807, 2.05) is 0 Å². The van der Waals surface area contributed by atoms with Gasteiger partial charge in [-0.2, -0.15) is 24.1 Å². The molecule has 0 atom stereocenters. The Balaban J connectivity index is 3.12. The average molecular weight is 352 g/mol. The van der Waals surface area contributed by atoms with Gasteiger partial charge in [0.25, 0.3) is 0 Å². The van der Waals surface area contributed by atoms with Gasteiger partial charge < -0.3 is 0 Å². The van der Waals surface area contributed by atoms with Crippen LogP contribution in [-0.4, -0.2) is 8.42 Å². The van der Waals surface area contributed by atoms with Crippen molar-refractivity contribution >= 4 is 33.1 Å². The highest BCUT2D eigenvalue weighted by molar-refractivity contribution is 14.1. The van der Waals surface area contributed by atoms with Gasteiger partial charge in [-0.3, -0.25) is 0 Å². The second-order valence-corrected chi connectivity index (χ2v) is 5.12. The van der Waals surface area contributed by atoms with Crippen LogP contribution in [0.3, 0.4) is 0 Å². The van der Waals surface area contributed by atoms with E-state index in [9.17, 15) is 21.6 Å². The topological polar surface area (TPSA) is 43.4 Å². The molecule has 0 fully saturated rings. The van der Waals surface area contributed by atoms with Crippen LogP contribution in [0.1, 0.15) is 5.56 Å². The first kappa shape index (κ1) is 12.7. The molecule has 0 aromatic heterocycles. The third-order valence-corrected chi connectivity index (χ3v) is 3.99. The zero-order valence-electron chi connectivity index (χ0n) is 6.95. The Morgan fingerprint density at radius 3 is 1.93 bits per heavy atom.